The van der Waals surface area contributed by atoms with E-state index in [-0.39, 0.29) is 11.9 Å². The largest absolute Gasteiger partial charge is 0.361 e. The maximum atomic E-state index is 12.2. The van der Waals surface area contributed by atoms with Gasteiger partial charge >= 0.3 is 0 Å². The molecule has 0 aliphatic carbocycles. The Hall–Kier alpha value is -2.41. The van der Waals surface area contributed by atoms with Crippen LogP contribution >= 0.6 is 11.3 Å². The fourth-order valence-corrected chi connectivity index (χ4v) is 3.23. The molecule has 0 unspecified atom stereocenters. The number of hydrogen-bond acceptors (Lipinski definition) is 5. The summed E-state index contributed by atoms with van der Waals surface area (Å²) in [6.45, 7) is 6.17. The molecule has 0 saturated carbocycles. The molecule has 0 spiro atoms. The number of carbonyl (C=O) groups is 1. The highest BCUT2D eigenvalue weighted by atomic mass is 32.1. The van der Waals surface area contributed by atoms with Gasteiger partial charge in [-0.3, -0.25) is 9.48 Å². The summed E-state index contributed by atoms with van der Waals surface area (Å²) in [6, 6.07) is 5.66. The van der Waals surface area contributed by atoms with Crippen LogP contribution < -0.4 is 5.32 Å². The topological polar surface area (TPSA) is 73.0 Å². The number of amides is 1. The van der Waals surface area contributed by atoms with Crippen LogP contribution in [-0.4, -0.2) is 27.4 Å². The molecule has 1 atom stereocenters. The van der Waals surface area contributed by atoms with Crippen molar-refractivity contribution in [2.75, 3.05) is 6.54 Å². The van der Waals surface area contributed by atoms with Crippen molar-refractivity contribution in [3.63, 3.8) is 0 Å². The van der Waals surface area contributed by atoms with E-state index in [9.17, 15) is 4.79 Å². The van der Waals surface area contributed by atoms with Gasteiger partial charge in [0.25, 0.3) is 5.91 Å². The van der Waals surface area contributed by atoms with E-state index in [1.165, 1.54) is 0 Å². The average molecular weight is 330 g/mol. The summed E-state index contributed by atoms with van der Waals surface area (Å²) in [5.74, 6) is 0.367. The smallest absolute Gasteiger partial charge is 0.273 e. The first kappa shape index (κ1) is 15.5. The molecule has 0 aliphatic heterocycles. The minimum absolute atomic E-state index is 0.0492. The van der Waals surface area contributed by atoms with Gasteiger partial charge in [-0.15, -0.1) is 0 Å². The zero-order valence-corrected chi connectivity index (χ0v) is 14.1. The molecule has 0 aromatic carbocycles. The van der Waals surface area contributed by atoms with Crippen LogP contribution in [0.1, 0.15) is 39.2 Å². The number of aromatic nitrogens is 3. The zero-order valence-electron chi connectivity index (χ0n) is 13.2. The Kier molecular flexibility index (Phi) is 4.29. The van der Waals surface area contributed by atoms with Crippen molar-refractivity contribution in [1.29, 1.82) is 0 Å². The summed E-state index contributed by atoms with van der Waals surface area (Å²) in [5, 5.41) is 15.3. The lowest BCUT2D eigenvalue weighted by molar-refractivity contribution is 0.0940. The van der Waals surface area contributed by atoms with Gasteiger partial charge in [0.2, 0.25) is 0 Å². The highest BCUT2D eigenvalue weighted by Crippen LogP contribution is 2.22. The number of rotatable bonds is 5. The lowest BCUT2D eigenvalue weighted by atomic mass is 10.1. The van der Waals surface area contributed by atoms with Crippen LogP contribution in [0.3, 0.4) is 0 Å². The first-order chi connectivity index (χ1) is 11.0. The second kappa shape index (κ2) is 6.37. The van der Waals surface area contributed by atoms with Gasteiger partial charge in [-0.05, 0) is 49.2 Å². The third-order valence-electron chi connectivity index (χ3n) is 3.58. The molecule has 7 heteroatoms. The average Bonchev–Trinajstić information content (AvgIpc) is 3.22. The van der Waals surface area contributed by atoms with E-state index in [2.05, 4.69) is 27.0 Å². The Morgan fingerprint density at radius 3 is 2.78 bits per heavy atom. The molecule has 120 valence electrons. The lowest BCUT2D eigenvalue weighted by Gasteiger charge is -2.19. The van der Waals surface area contributed by atoms with Crippen LogP contribution in [0.4, 0.5) is 0 Å². The maximum Gasteiger partial charge on any atom is 0.273 e. The van der Waals surface area contributed by atoms with E-state index >= 15 is 0 Å². The van der Waals surface area contributed by atoms with Crippen molar-refractivity contribution in [2.24, 2.45) is 0 Å². The Morgan fingerprint density at radius 2 is 2.22 bits per heavy atom. The van der Waals surface area contributed by atoms with Crippen LogP contribution in [0.25, 0.3) is 0 Å². The molecule has 0 saturated heterocycles. The van der Waals surface area contributed by atoms with Crippen molar-refractivity contribution >= 4 is 17.2 Å². The third kappa shape index (κ3) is 3.34. The number of carbonyl (C=O) groups excluding carboxylic acids is 1. The van der Waals surface area contributed by atoms with Crippen molar-refractivity contribution in [3.8, 4) is 0 Å². The number of nitrogens with one attached hydrogen (secondary N) is 1. The second-order valence-electron chi connectivity index (χ2n) is 5.48. The van der Waals surface area contributed by atoms with E-state index in [1.54, 1.807) is 24.3 Å². The minimum Gasteiger partial charge on any atom is -0.361 e. The zero-order chi connectivity index (χ0) is 16.4. The molecule has 3 aromatic heterocycles. The molecule has 1 N–H and O–H groups in total. The van der Waals surface area contributed by atoms with Gasteiger partial charge in [-0.2, -0.15) is 16.4 Å². The van der Waals surface area contributed by atoms with E-state index in [0.717, 1.165) is 17.0 Å². The molecule has 0 radical (unpaired) electrons. The minimum atomic E-state index is -0.247. The predicted octanol–water partition coefficient (Wildman–Crippen LogP) is 2.88. The van der Waals surface area contributed by atoms with Crippen molar-refractivity contribution in [1.82, 2.24) is 20.3 Å². The van der Waals surface area contributed by atoms with Crippen molar-refractivity contribution < 1.29 is 9.32 Å². The Balaban J connectivity index is 1.80. The maximum absolute atomic E-state index is 12.2. The monoisotopic (exact) mass is 330 g/mol. The molecular weight excluding hydrogens is 312 g/mol. The van der Waals surface area contributed by atoms with E-state index < -0.39 is 0 Å². The van der Waals surface area contributed by atoms with Gasteiger partial charge in [-0.1, -0.05) is 5.16 Å². The van der Waals surface area contributed by atoms with E-state index in [0.29, 0.717) is 18.0 Å². The van der Waals surface area contributed by atoms with Crippen LogP contribution in [0, 0.1) is 20.8 Å². The number of hydrogen-bond donors (Lipinski definition) is 1. The second-order valence-corrected chi connectivity index (χ2v) is 6.26. The summed E-state index contributed by atoms with van der Waals surface area (Å²) >= 11 is 1.63. The summed E-state index contributed by atoms with van der Waals surface area (Å²) in [5.41, 5.74) is 3.43. The highest BCUT2D eigenvalue weighted by molar-refractivity contribution is 7.07. The van der Waals surface area contributed by atoms with E-state index in [4.69, 9.17) is 4.52 Å². The SMILES string of the molecule is Cc1cc(C)n([C@@H](CNC(=O)c2cc(C)on2)c2ccsc2)n1. The quantitative estimate of drug-likeness (QED) is 0.781. The van der Waals surface area contributed by atoms with Crippen molar-refractivity contribution in [3.05, 3.63) is 57.4 Å². The molecule has 1 amide bonds. The summed E-state index contributed by atoms with van der Waals surface area (Å²) < 4.78 is 6.90. The summed E-state index contributed by atoms with van der Waals surface area (Å²) in [7, 11) is 0. The van der Waals surface area contributed by atoms with E-state index in [1.807, 2.05) is 30.0 Å². The van der Waals surface area contributed by atoms with Crippen LogP contribution in [0.2, 0.25) is 0 Å². The molecule has 3 rings (SSSR count). The first-order valence-electron chi connectivity index (χ1n) is 7.31. The first-order valence-corrected chi connectivity index (χ1v) is 8.25. The Bertz CT molecular complexity index is 804. The molecule has 0 fully saturated rings. The highest BCUT2D eigenvalue weighted by Gasteiger charge is 2.20. The number of nitrogens with zero attached hydrogens (tertiary/aromatic N) is 3. The van der Waals surface area contributed by atoms with Gasteiger partial charge < -0.3 is 9.84 Å². The van der Waals surface area contributed by atoms with Crippen LogP contribution in [-0.2, 0) is 0 Å². The van der Waals surface area contributed by atoms with Gasteiger partial charge in [0, 0.05) is 18.3 Å². The Morgan fingerprint density at radius 1 is 1.39 bits per heavy atom. The fraction of sp³-hybridized carbons (Fsp3) is 0.312. The molecular formula is C16H18N4O2S. The lowest BCUT2D eigenvalue weighted by Crippen LogP contribution is -2.32. The van der Waals surface area contributed by atoms with Crippen LogP contribution in [0.5, 0.6) is 0 Å². The molecule has 0 bridgehead atoms. The normalized spacial score (nSPS) is 12.3. The van der Waals surface area contributed by atoms with Crippen molar-refractivity contribution in [2.45, 2.75) is 26.8 Å². The Labute approximate surface area is 138 Å². The molecule has 23 heavy (non-hydrogen) atoms. The van der Waals surface area contributed by atoms with Crippen LogP contribution in [0.15, 0.2) is 33.5 Å². The summed E-state index contributed by atoms with van der Waals surface area (Å²) in [4.78, 5) is 12.2. The number of aryl methyl sites for hydroxylation is 3. The van der Waals surface area contributed by atoms with Gasteiger partial charge in [0.05, 0.1) is 11.7 Å². The number of thiophene rings is 1. The molecule has 3 aromatic rings. The molecule has 6 nitrogen and oxygen atoms in total. The standard InChI is InChI=1S/C16H18N4O2S/c1-10-6-11(2)20(18-10)15(13-4-5-23-9-13)8-17-16(21)14-7-12(3)22-19-14/h4-7,9,15H,8H2,1-3H3,(H,17,21)/t15-/m0/s1. The van der Waals surface area contributed by atoms with Gasteiger partial charge in [0.1, 0.15) is 5.76 Å². The predicted molar refractivity (Wildman–Crippen MR) is 87.7 cm³/mol. The van der Waals surface area contributed by atoms with Gasteiger partial charge in [-0.25, -0.2) is 0 Å². The fourth-order valence-electron chi connectivity index (χ4n) is 2.53. The molecule has 0 aliphatic rings. The van der Waals surface area contributed by atoms with Gasteiger partial charge in [0.15, 0.2) is 5.69 Å². The molecule has 3 heterocycles. The summed E-state index contributed by atoms with van der Waals surface area (Å²) in [6.07, 6.45) is 0. The third-order valence-corrected chi connectivity index (χ3v) is 4.29.